The van der Waals surface area contributed by atoms with Crippen LogP contribution in [-0.4, -0.2) is 35.6 Å². The number of piperidine rings is 1. The molecule has 0 N–H and O–H groups in total. The lowest BCUT2D eigenvalue weighted by Gasteiger charge is -2.31. The quantitative estimate of drug-likeness (QED) is 0.776. The van der Waals surface area contributed by atoms with E-state index >= 15 is 0 Å². The molecule has 19 heavy (non-hydrogen) atoms. The fourth-order valence-corrected chi connectivity index (χ4v) is 2.36. The van der Waals surface area contributed by atoms with Crippen molar-refractivity contribution < 1.29 is 9.53 Å². The highest BCUT2D eigenvalue weighted by Gasteiger charge is 2.26. The predicted octanol–water partition coefficient (Wildman–Crippen LogP) is 1.82. The van der Waals surface area contributed by atoms with Crippen LogP contribution in [-0.2, 0) is 16.0 Å². The van der Waals surface area contributed by atoms with Gasteiger partial charge in [-0.05, 0) is 26.2 Å². The summed E-state index contributed by atoms with van der Waals surface area (Å²) in [6.07, 6.45) is 4.20. The molecule has 0 aromatic carbocycles. The topological polar surface area (TPSA) is 55.3 Å². The van der Waals surface area contributed by atoms with Gasteiger partial charge in [-0.2, -0.15) is 0 Å². The molecule has 0 bridgehead atoms. The lowest BCUT2D eigenvalue weighted by Crippen LogP contribution is -2.37. The van der Waals surface area contributed by atoms with Crippen molar-refractivity contribution in [1.29, 1.82) is 0 Å². The number of rotatable bonds is 4. The molecule has 0 saturated carbocycles. The van der Waals surface area contributed by atoms with E-state index in [0.29, 0.717) is 6.61 Å². The number of aromatic nitrogens is 2. The summed E-state index contributed by atoms with van der Waals surface area (Å²) >= 11 is 0. The largest absolute Gasteiger partial charge is 0.466 e. The Hall–Kier alpha value is -1.65. The molecule has 2 heterocycles. The van der Waals surface area contributed by atoms with E-state index < -0.39 is 0 Å². The van der Waals surface area contributed by atoms with E-state index in [2.05, 4.69) is 21.8 Å². The first-order chi connectivity index (χ1) is 9.24. The third kappa shape index (κ3) is 3.43. The van der Waals surface area contributed by atoms with Gasteiger partial charge in [-0.1, -0.05) is 6.92 Å². The van der Waals surface area contributed by atoms with Gasteiger partial charge >= 0.3 is 5.97 Å². The van der Waals surface area contributed by atoms with Gasteiger partial charge in [-0.3, -0.25) is 4.79 Å². The van der Waals surface area contributed by atoms with Crippen molar-refractivity contribution in [3.63, 3.8) is 0 Å². The Morgan fingerprint density at radius 1 is 1.37 bits per heavy atom. The Labute approximate surface area is 114 Å². The average molecular weight is 263 g/mol. The van der Waals surface area contributed by atoms with Crippen molar-refractivity contribution in [2.75, 3.05) is 24.6 Å². The molecule has 1 aliphatic heterocycles. The zero-order valence-electron chi connectivity index (χ0n) is 11.6. The molecule has 0 spiro atoms. The van der Waals surface area contributed by atoms with E-state index in [1.54, 1.807) is 6.33 Å². The SMILES string of the molecule is CCOC(=O)C1CCN(c2cc(CC)ncn2)CC1. The molecule has 0 amide bonds. The maximum atomic E-state index is 11.7. The molecule has 2 rings (SSSR count). The van der Waals surface area contributed by atoms with Crippen LogP contribution in [0.3, 0.4) is 0 Å². The molecule has 0 aliphatic carbocycles. The highest BCUT2D eigenvalue weighted by Crippen LogP contribution is 2.22. The third-order valence-electron chi connectivity index (χ3n) is 3.51. The fraction of sp³-hybridized carbons (Fsp3) is 0.643. The molecule has 5 heteroatoms. The minimum atomic E-state index is -0.0564. The van der Waals surface area contributed by atoms with Crippen LogP contribution in [0.1, 0.15) is 32.4 Å². The number of anilines is 1. The van der Waals surface area contributed by atoms with Gasteiger partial charge in [0.2, 0.25) is 0 Å². The number of carbonyl (C=O) groups excluding carboxylic acids is 1. The Morgan fingerprint density at radius 3 is 2.74 bits per heavy atom. The second-order valence-electron chi connectivity index (χ2n) is 4.73. The summed E-state index contributed by atoms with van der Waals surface area (Å²) in [7, 11) is 0. The summed E-state index contributed by atoms with van der Waals surface area (Å²) in [5, 5.41) is 0. The van der Waals surface area contributed by atoms with Crippen molar-refractivity contribution in [2.24, 2.45) is 5.92 Å². The van der Waals surface area contributed by atoms with Crippen molar-refractivity contribution in [2.45, 2.75) is 33.1 Å². The minimum Gasteiger partial charge on any atom is -0.466 e. The van der Waals surface area contributed by atoms with Gasteiger partial charge in [0.15, 0.2) is 0 Å². The Morgan fingerprint density at radius 2 is 2.11 bits per heavy atom. The van der Waals surface area contributed by atoms with Gasteiger partial charge in [-0.25, -0.2) is 9.97 Å². The maximum absolute atomic E-state index is 11.7. The Balaban J connectivity index is 1.94. The zero-order chi connectivity index (χ0) is 13.7. The first kappa shape index (κ1) is 13.8. The highest BCUT2D eigenvalue weighted by molar-refractivity contribution is 5.72. The predicted molar refractivity (Wildman–Crippen MR) is 73.0 cm³/mol. The molecule has 0 atom stereocenters. The number of esters is 1. The monoisotopic (exact) mass is 263 g/mol. The molecule has 1 fully saturated rings. The van der Waals surface area contributed by atoms with Crippen LogP contribution in [0.5, 0.6) is 0 Å². The number of hydrogen-bond donors (Lipinski definition) is 0. The van der Waals surface area contributed by atoms with Gasteiger partial charge in [0.05, 0.1) is 12.5 Å². The van der Waals surface area contributed by atoms with Crippen molar-refractivity contribution in [1.82, 2.24) is 9.97 Å². The first-order valence-electron chi connectivity index (χ1n) is 6.97. The summed E-state index contributed by atoms with van der Waals surface area (Å²) in [4.78, 5) is 22.4. The summed E-state index contributed by atoms with van der Waals surface area (Å²) in [5.74, 6) is 0.955. The summed E-state index contributed by atoms with van der Waals surface area (Å²) in [6, 6.07) is 2.03. The number of hydrogen-bond acceptors (Lipinski definition) is 5. The number of aryl methyl sites for hydroxylation is 1. The third-order valence-corrected chi connectivity index (χ3v) is 3.51. The van der Waals surface area contributed by atoms with E-state index in [4.69, 9.17) is 4.74 Å². The molecule has 5 nitrogen and oxygen atoms in total. The van der Waals surface area contributed by atoms with Crippen molar-refractivity contribution >= 4 is 11.8 Å². The zero-order valence-corrected chi connectivity index (χ0v) is 11.6. The van der Waals surface area contributed by atoms with Crippen LogP contribution < -0.4 is 4.90 Å². The van der Waals surface area contributed by atoms with E-state index in [1.807, 2.05) is 13.0 Å². The second-order valence-corrected chi connectivity index (χ2v) is 4.73. The number of carbonyl (C=O) groups is 1. The average Bonchev–Trinajstić information content (AvgIpc) is 2.48. The van der Waals surface area contributed by atoms with E-state index in [0.717, 1.165) is 43.9 Å². The smallest absolute Gasteiger partial charge is 0.309 e. The summed E-state index contributed by atoms with van der Waals surface area (Å²) < 4.78 is 5.08. The standard InChI is InChI=1S/C14H21N3O2/c1-3-12-9-13(16-10-15-12)17-7-5-11(6-8-17)14(18)19-4-2/h9-11H,3-8H2,1-2H3. The molecule has 1 aliphatic rings. The first-order valence-corrected chi connectivity index (χ1v) is 6.97. The van der Waals surface area contributed by atoms with E-state index in [-0.39, 0.29) is 11.9 Å². The molecule has 0 unspecified atom stereocenters. The molecular formula is C14H21N3O2. The van der Waals surface area contributed by atoms with E-state index in [9.17, 15) is 4.79 Å². The molecular weight excluding hydrogens is 242 g/mol. The van der Waals surface area contributed by atoms with Crippen LogP contribution in [0, 0.1) is 5.92 Å². The van der Waals surface area contributed by atoms with E-state index in [1.165, 1.54) is 0 Å². The molecule has 104 valence electrons. The molecule has 1 saturated heterocycles. The van der Waals surface area contributed by atoms with Gasteiger partial charge in [0.25, 0.3) is 0 Å². The molecule has 1 aromatic heterocycles. The van der Waals surface area contributed by atoms with Crippen molar-refractivity contribution in [3.05, 3.63) is 18.1 Å². The summed E-state index contributed by atoms with van der Waals surface area (Å²) in [6.45, 7) is 6.09. The number of nitrogens with zero attached hydrogens (tertiary/aromatic N) is 3. The fourth-order valence-electron chi connectivity index (χ4n) is 2.36. The van der Waals surface area contributed by atoms with Crippen LogP contribution in [0.2, 0.25) is 0 Å². The number of ether oxygens (including phenoxy) is 1. The van der Waals surface area contributed by atoms with Crippen molar-refractivity contribution in [3.8, 4) is 0 Å². The van der Waals surface area contributed by atoms with Crippen LogP contribution >= 0.6 is 0 Å². The summed E-state index contributed by atoms with van der Waals surface area (Å²) in [5.41, 5.74) is 1.05. The Kier molecular flexibility index (Phi) is 4.71. The Bertz CT molecular complexity index is 428. The van der Waals surface area contributed by atoms with Gasteiger partial charge in [0.1, 0.15) is 12.1 Å². The normalized spacial score (nSPS) is 16.4. The molecule has 0 radical (unpaired) electrons. The lowest BCUT2D eigenvalue weighted by molar-refractivity contribution is -0.148. The molecule has 1 aromatic rings. The van der Waals surface area contributed by atoms with Crippen LogP contribution in [0.4, 0.5) is 5.82 Å². The van der Waals surface area contributed by atoms with Gasteiger partial charge in [-0.15, -0.1) is 0 Å². The lowest BCUT2D eigenvalue weighted by atomic mass is 9.97. The van der Waals surface area contributed by atoms with Crippen LogP contribution in [0.15, 0.2) is 12.4 Å². The highest BCUT2D eigenvalue weighted by atomic mass is 16.5. The maximum Gasteiger partial charge on any atom is 0.309 e. The van der Waals surface area contributed by atoms with Gasteiger partial charge in [0, 0.05) is 24.8 Å². The van der Waals surface area contributed by atoms with Gasteiger partial charge < -0.3 is 9.64 Å². The minimum absolute atomic E-state index is 0.0451. The van der Waals surface area contributed by atoms with Crippen LogP contribution in [0.25, 0.3) is 0 Å². The second kappa shape index (κ2) is 6.50.